The molecule has 3 nitrogen and oxygen atoms in total. The van der Waals surface area contributed by atoms with Crippen LogP contribution in [0.2, 0.25) is 5.02 Å². The number of nitrogens with one attached hydrogen (secondary N) is 1. The van der Waals surface area contributed by atoms with Crippen LogP contribution in [0, 0.1) is 0 Å². The molecule has 1 aliphatic heterocycles. The van der Waals surface area contributed by atoms with Gasteiger partial charge in [-0.3, -0.25) is 9.79 Å². The molecule has 3 aromatic rings. The third kappa shape index (κ3) is 2.91. The van der Waals surface area contributed by atoms with Crippen molar-refractivity contribution in [1.29, 1.82) is 0 Å². The number of benzene rings is 3. The fourth-order valence-electron chi connectivity index (χ4n) is 2.94. The van der Waals surface area contributed by atoms with Crippen molar-refractivity contribution in [2.75, 3.05) is 5.32 Å². The van der Waals surface area contributed by atoms with Crippen molar-refractivity contribution in [3.63, 3.8) is 0 Å². The monoisotopic (exact) mass is 334 g/mol. The average Bonchev–Trinajstić information content (AvgIpc) is 2.74. The summed E-state index contributed by atoms with van der Waals surface area (Å²) in [5, 5.41) is 5.92. The van der Waals surface area contributed by atoms with Crippen LogP contribution in [-0.4, -0.2) is 18.2 Å². The normalized spacial score (nSPS) is 16.5. The van der Waals surface area contributed by atoms with Crippen LogP contribution in [0.4, 0.5) is 5.69 Å². The number of amides is 1. The number of fused-ring (bicyclic) bond motifs is 2. The van der Waals surface area contributed by atoms with E-state index in [0.717, 1.165) is 16.8 Å². The quantitative estimate of drug-likeness (QED) is 0.737. The first-order valence-electron chi connectivity index (χ1n) is 7.80. The second-order valence-corrected chi connectivity index (χ2v) is 6.34. The van der Waals surface area contributed by atoms with Crippen molar-refractivity contribution in [1.82, 2.24) is 0 Å². The van der Waals surface area contributed by atoms with Gasteiger partial charge < -0.3 is 5.32 Å². The van der Waals surface area contributed by atoms with Crippen LogP contribution in [0.15, 0.2) is 65.7 Å². The van der Waals surface area contributed by atoms with Crippen LogP contribution in [0.1, 0.15) is 11.1 Å². The van der Waals surface area contributed by atoms with E-state index in [0.29, 0.717) is 11.4 Å². The van der Waals surface area contributed by atoms with E-state index < -0.39 is 6.04 Å². The van der Waals surface area contributed by atoms with Gasteiger partial charge in [0.2, 0.25) is 5.91 Å². The minimum atomic E-state index is -0.447. The molecule has 0 spiro atoms. The van der Waals surface area contributed by atoms with Gasteiger partial charge in [-0.25, -0.2) is 0 Å². The number of halogens is 1. The number of rotatable bonds is 2. The van der Waals surface area contributed by atoms with Crippen molar-refractivity contribution in [2.45, 2.75) is 12.5 Å². The third-order valence-electron chi connectivity index (χ3n) is 4.21. The first-order chi connectivity index (χ1) is 11.7. The number of hydrogen-bond acceptors (Lipinski definition) is 2. The molecule has 1 N–H and O–H groups in total. The van der Waals surface area contributed by atoms with E-state index in [2.05, 4.69) is 40.6 Å². The van der Waals surface area contributed by atoms with Gasteiger partial charge in [-0.2, -0.15) is 0 Å². The molecule has 4 rings (SSSR count). The molecule has 0 saturated heterocycles. The van der Waals surface area contributed by atoms with Gasteiger partial charge in [0.1, 0.15) is 6.04 Å². The summed E-state index contributed by atoms with van der Waals surface area (Å²) in [5.74, 6) is -0.0968. The summed E-state index contributed by atoms with van der Waals surface area (Å²) in [6.07, 6.45) is 2.29. The summed E-state index contributed by atoms with van der Waals surface area (Å²) in [6.45, 7) is 0. The molecule has 1 aliphatic rings. The second-order valence-electron chi connectivity index (χ2n) is 5.90. The molecule has 4 heteroatoms. The maximum atomic E-state index is 12.5. The van der Waals surface area contributed by atoms with E-state index in [4.69, 9.17) is 11.6 Å². The van der Waals surface area contributed by atoms with Crippen LogP contribution in [0.3, 0.4) is 0 Å². The van der Waals surface area contributed by atoms with Crippen molar-refractivity contribution in [3.8, 4) is 0 Å². The van der Waals surface area contributed by atoms with Gasteiger partial charge >= 0.3 is 0 Å². The Bertz CT molecular complexity index is 965. The SMILES string of the molecule is O=C1Nc2ccc(Cl)cc2C=NC1Cc1ccc2ccccc2c1. The minimum absolute atomic E-state index is 0.0968. The molecule has 1 atom stereocenters. The van der Waals surface area contributed by atoms with E-state index >= 15 is 0 Å². The lowest BCUT2D eigenvalue weighted by Gasteiger charge is -2.11. The molecule has 1 heterocycles. The van der Waals surface area contributed by atoms with Crippen molar-refractivity contribution >= 4 is 40.2 Å². The summed E-state index contributed by atoms with van der Waals surface area (Å²) >= 11 is 6.01. The summed E-state index contributed by atoms with van der Waals surface area (Å²) in [5.41, 5.74) is 2.67. The number of nitrogens with zero attached hydrogens (tertiary/aromatic N) is 1. The largest absolute Gasteiger partial charge is 0.324 e. The fraction of sp³-hybridized carbons (Fsp3) is 0.100. The molecule has 0 bridgehead atoms. The summed E-state index contributed by atoms with van der Waals surface area (Å²) in [7, 11) is 0. The second kappa shape index (κ2) is 6.10. The standard InChI is InChI=1S/C20H15ClN2O/c21-17-7-8-18-16(11-17)12-22-19(20(24)23-18)10-13-5-6-14-3-1-2-4-15(14)9-13/h1-9,11-12,19H,10H2,(H,23,24). The third-order valence-corrected chi connectivity index (χ3v) is 4.45. The van der Waals surface area contributed by atoms with Crippen molar-refractivity contribution in [2.24, 2.45) is 4.99 Å². The van der Waals surface area contributed by atoms with Gasteiger partial charge in [-0.05, 0) is 34.5 Å². The van der Waals surface area contributed by atoms with Crippen molar-refractivity contribution in [3.05, 3.63) is 76.8 Å². The highest BCUT2D eigenvalue weighted by Crippen LogP contribution is 2.23. The van der Waals surface area contributed by atoms with Gasteiger partial charge in [0, 0.05) is 28.9 Å². The van der Waals surface area contributed by atoms with Crippen LogP contribution in [-0.2, 0) is 11.2 Å². The van der Waals surface area contributed by atoms with Crippen LogP contribution < -0.4 is 5.32 Å². The fourth-order valence-corrected chi connectivity index (χ4v) is 3.12. The number of hydrogen-bond donors (Lipinski definition) is 1. The Kier molecular flexibility index (Phi) is 3.79. The van der Waals surface area contributed by atoms with E-state index in [1.54, 1.807) is 24.4 Å². The van der Waals surface area contributed by atoms with Gasteiger partial charge in [-0.1, -0.05) is 54.1 Å². The molecule has 0 saturated carbocycles. The number of benzodiazepines with no additional fused rings is 1. The molecule has 0 fully saturated rings. The Morgan fingerprint density at radius 3 is 2.71 bits per heavy atom. The maximum absolute atomic E-state index is 12.5. The average molecular weight is 335 g/mol. The van der Waals surface area contributed by atoms with Crippen LogP contribution >= 0.6 is 11.6 Å². The minimum Gasteiger partial charge on any atom is -0.324 e. The molecular weight excluding hydrogens is 320 g/mol. The van der Waals surface area contributed by atoms with Gasteiger partial charge in [0.05, 0.1) is 0 Å². The predicted octanol–water partition coefficient (Wildman–Crippen LogP) is 4.48. The predicted molar refractivity (Wildman–Crippen MR) is 99.1 cm³/mol. The molecule has 0 aromatic heterocycles. The number of carbonyl (C=O) groups excluding carboxylic acids is 1. The summed E-state index contributed by atoms with van der Waals surface area (Å²) in [4.78, 5) is 16.9. The number of aliphatic imine (C=N–C) groups is 1. The highest BCUT2D eigenvalue weighted by Gasteiger charge is 2.21. The Balaban J connectivity index is 1.62. The zero-order chi connectivity index (χ0) is 16.5. The lowest BCUT2D eigenvalue weighted by molar-refractivity contribution is -0.117. The van der Waals surface area contributed by atoms with Crippen LogP contribution in [0.5, 0.6) is 0 Å². The first kappa shape index (κ1) is 14.9. The molecule has 0 radical (unpaired) electrons. The Morgan fingerprint density at radius 1 is 1.00 bits per heavy atom. The van der Waals surface area contributed by atoms with Gasteiger partial charge in [0.15, 0.2) is 0 Å². The van der Waals surface area contributed by atoms with Crippen molar-refractivity contribution < 1.29 is 4.79 Å². The lowest BCUT2D eigenvalue weighted by atomic mass is 10.0. The molecule has 0 aliphatic carbocycles. The molecule has 3 aromatic carbocycles. The molecular formula is C20H15ClN2O. The van der Waals surface area contributed by atoms with E-state index in [1.807, 2.05) is 12.1 Å². The van der Waals surface area contributed by atoms with E-state index in [-0.39, 0.29) is 5.91 Å². The van der Waals surface area contributed by atoms with Gasteiger partial charge in [0.25, 0.3) is 0 Å². The highest BCUT2D eigenvalue weighted by atomic mass is 35.5. The Hall–Kier alpha value is -2.65. The number of carbonyl (C=O) groups is 1. The Labute approximate surface area is 145 Å². The summed E-state index contributed by atoms with van der Waals surface area (Å²) in [6, 6.07) is 19.4. The lowest BCUT2D eigenvalue weighted by Crippen LogP contribution is -2.27. The molecule has 118 valence electrons. The van der Waals surface area contributed by atoms with E-state index in [9.17, 15) is 4.79 Å². The van der Waals surface area contributed by atoms with E-state index in [1.165, 1.54) is 10.8 Å². The smallest absolute Gasteiger partial charge is 0.249 e. The molecule has 1 amide bonds. The maximum Gasteiger partial charge on any atom is 0.249 e. The number of anilines is 1. The zero-order valence-electron chi connectivity index (χ0n) is 12.9. The first-order valence-corrected chi connectivity index (χ1v) is 8.18. The highest BCUT2D eigenvalue weighted by molar-refractivity contribution is 6.31. The summed E-state index contributed by atoms with van der Waals surface area (Å²) < 4.78 is 0. The Morgan fingerprint density at radius 2 is 1.83 bits per heavy atom. The molecule has 1 unspecified atom stereocenters. The van der Waals surface area contributed by atoms with Crippen LogP contribution in [0.25, 0.3) is 10.8 Å². The van der Waals surface area contributed by atoms with Gasteiger partial charge in [-0.15, -0.1) is 0 Å². The topological polar surface area (TPSA) is 41.5 Å². The zero-order valence-corrected chi connectivity index (χ0v) is 13.6. The molecule has 24 heavy (non-hydrogen) atoms.